The number of aryl methyl sites for hydroxylation is 1. The van der Waals surface area contributed by atoms with Crippen LogP contribution in [0.25, 0.3) is 0 Å². The van der Waals surface area contributed by atoms with Crippen molar-refractivity contribution >= 4 is 0 Å². The van der Waals surface area contributed by atoms with E-state index in [0.717, 1.165) is 17.0 Å². The molecule has 1 aromatic carbocycles. The first kappa shape index (κ1) is 10.7. The van der Waals surface area contributed by atoms with E-state index in [1.807, 2.05) is 42.1 Å². The Balaban J connectivity index is 2.36. The maximum Gasteiger partial charge on any atom is 0.124 e. The summed E-state index contributed by atoms with van der Waals surface area (Å²) in [5.74, 6) is 0.792. The van der Waals surface area contributed by atoms with Gasteiger partial charge in [-0.3, -0.25) is 0 Å². The number of rotatable bonds is 3. The van der Waals surface area contributed by atoms with Crippen molar-refractivity contribution in [3.63, 3.8) is 0 Å². The number of ether oxygens (including phenoxy) is 1. The molecule has 0 bridgehead atoms. The van der Waals surface area contributed by atoms with Crippen LogP contribution >= 0.6 is 0 Å². The number of nitrogens with two attached hydrogens (primary N) is 1. The van der Waals surface area contributed by atoms with Crippen LogP contribution < -0.4 is 10.5 Å². The van der Waals surface area contributed by atoms with Gasteiger partial charge < -0.3 is 15.0 Å². The molecule has 1 atom stereocenters. The van der Waals surface area contributed by atoms with Crippen LogP contribution in [0.3, 0.4) is 0 Å². The summed E-state index contributed by atoms with van der Waals surface area (Å²) < 4.78 is 7.16. The molecule has 4 nitrogen and oxygen atoms in total. The molecule has 0 spiro atoms. The number of hydrogen-bond acceptors (Lipinski definition) is 3. The molecule has 0 fully saturated rings. The third-order valence-corrected chi connectivity index (χ3v) is 2.52. The largest absolute Gasteiger partial charge is 0.496 e. The van der Waals surface area contributed by atoms with E-state index in [1.54, 1.807) is 13.4 Å². The first-order valence-electron chi connectivity index (χ1n) is 5.08. The topological polar surface area (TPSA) is 53.1 Å². The molecule has 0 amide bonds. The van der Waals surface area contributed by atoms with Gasteiger partial charge in [-0.25, -0.2) is 4.98 Å². The molecule has 0 aliphatic heterocycles. The van der Waals surface area contributed by atoms with Crippen molar-refractivity contribution in [3.05, 3.63) is 48.0 Å². The Morgan fingerprint density at radius 1 is 1.38 bits per heavy atom. The number of methoxy groups -OCH3 is 1. The Hall–Kier alpha value is -1.81. The highest BCUT2D eigenvalue weighted by molar-refractivity contribution is 5.39. The fourth-order valence-corrected chi connectivity index (χ4v) is 1.68. The van der Waals surface area contributed by atoms with Gasteiger partial charge in [-0.05, 0) is 6.07 Å². The SMILES string of the molecule is COc1ccccc1C(N)c1cn(C)cn1. The maximum atomic E-state index is 6.15. The van der Waals surface area contributed by atoms with Gasteiger partial charge in [0.25, 0.3) is 0 Å². The van der Waals surface area contributed by atoms with Gasteiger partial charge in [-0.15, -0.1) is 0 Å². The summed E-state index contributed by atoms with van der Waals surface area (Å²) in [5, 5.41) is 0. The second kappa shape index (κ2) is 4.37. The number of hydrogen-bond donors (Lipinski definition) is 1. The summed E-state index contributed by atoms with van der Waals surface area (Å²) in [6.45, 7) is 0. The smallest absolute Gasteiger partial charge is 0.124 e. The number of imidazole rings is 1. The Labute approximate surface area is 94.7 Å². The Bertz CT molecular complexity index is 479. The number of nitrogens with zero attached hydrogens (tertiary/aromatic N) is 2. The number of para-hydroxylation sites is 1. The van der Waals surface area contributed by atoms with Crippen molar-refractivity contribution in [2.75, 3.05) is 7.11 Å². The molecule has 84 valence electrons. The molecule has 16 heavy (non-hydrogen) atoms. The Kier molecular flexibility index (Phi) is 2.92. The molecule has 2 rings (SSSR count). The molecule has 1 unspecified atom stereocenters. The highest BCUT2D eigenvalue weighted by Crippen LogP contribution is 2.26. The molecule has 0 saturated heterocycles. The molecule has 0 saturated carbocycles. The van der Waals surface area contributed by atoms with Crippen molar-refractivity contribution < 1.29 is 4.74 Å². The van der Waals surface area contributed by atoms with E-state index in [1.165, 1.54) is 0 Å². The molecular weight excluding hydrogens is 202 g/mol. The lowest BCUT2D eigenvalue weighted by Gasteiger charge is -2.13. The van der Waals surface area contributed by atoms with Crippen LogP contribution in [-0.4, -0.2) is 16.7 Å². The molecular formula is C12H15N3O. The van der Waals surface area contributed by atoms with Gasteiger partial charge in [0, 0.05) is 18.8 Å². The predicted molar refractivity (Wildman–Crippen MR) is 62.2 cm³/mol. The third-order valence-electron chi connectivity index (χ3n) is 2.52. The number of benzene rings is 1. The van der Waals surface area contributed by atoms with E-state index in [-0.39, 0.29) is 6.04 Å². The molecule has 0 radical (unpaired) electrons. The van der Waals surface area contributed by atoms with E-state index in [0.29, 0.717) is 0 Å². The summed E-state index contributed by atoms with van der Waals surface area (Å²) in [6, 6.07) is 7.47. The van der Waals surface area contributed by atoms with Crippen LogP contribution in [0.1, 0.15) is 17.3 Å². The van der Waals surface area contributed by atoms with Crippen molar-refractivity contribution in [2.24, 2.45) is 12.8 Å². The number of aromatic nitrogens is 2. The second-order valence-electron chi connectivity index (χ2n) is 3.68. The molecule has 0 aliphatic carbocycles. The predicted octanol–water partition coefficient (Wildman–Crippen LogP) is 1.48. The van der Waals surface area contributed by atoms with Gasteiger partial charge in [0.2, 0.25) is 0 Å². The van der Waals surface area contributed by atoms with Crippen LogP contribution in [0, 0.1) is 0 Å². The highest BCUT2D eigenvalue weighted by Gasteiger charge is 2.15. The average molecular weight is 217 g/mol. The maximum absolute atomic E-state index is 6.15. The minimum absolute atomic E-state index is 0.252. The first-order chi connectivity index (χ1) is 7.72. The second-order valence-corrected chi connectivity index (χ2v) is 3.68. The van der Waals surface area contributed by atoms with Crippen molar-refractivity contribution in [3.8, 4) is 5.75 Å². The summed E-state index contributed by atoms with van der Waals surface area (Å²) in [5.41, 5.74) is 7.94. The average Bonchev–Trinajstić information content (AvgIpc) is 2.75. The van der Waals surface area contributed by atoms with E-state index in [2.05, 4.69) is 4.98 Å². The fourth-order valence-electron chi connectivity index (χ4n) is 1.68. The first-order valence-corrected chi connectivity index (χ1v) is 5.08. The summed E-state index contributed by atoms with van der Waals surface area (Å²) in [7, 11) is 3.56. The monoisotopic (exact) mass is 217 g/mol. The zero-order chi connectivity index (χ0) is 11.5. The lowest BCUT2D eigenvalue weighted by atomic mass is 10.0. The minimum atomic E-state index is -0.252. The van der Waals surface area contributed by atoms with Gasteiger partial charge in [0.15, 0.2) is 0 Å². The molecule has 0 aliphatic rings. The van der Waals surface area contributed by atoms with E-state index >= 15 is 0 Å². The molecule has 4 heteroatoms. The fraction of sp³-hybridized carbons (Fsp3) is 0.250. The standard InChI is InChI=1S/C12H15N3O/c1-15-7-10(14-8-15)12(13)9-5-3-4-6-11(9)16-2/h3-8,12H,13H2,1-2H3. The van der Waals surface area contributed by atoms with Crippen molar-refractivity contribution in [1.82, 2.24) is 9.55 Å². The summed E-state index contributed by atoms with van der Waals surface area (Å²) in [6.07, 6.45) is 3.65. The molecule has 2 aromatic rings. The lowest BCUT2D eigenvalue weighted by molar-refractivity contribution is 0.407. The summed E-state index contributed by atoms with van der Waals surface area (Å²) >= 11 is 0. The molecule has 1 heterocycles. The highest BCUT2D eigenvalue weighted by atomic mass is 16.5. The van der Waals surface area contributed by atoms with Gasteiger partial charge in [0.05, 0.1) is 25.2 Å². The zero-order valence-corrected chi connectivity index (χ0v) is 9.42. The van der Waals surface area contributed by atoms with Crippen molar-refractivity contribution in [1.29, 1.82) is 0 Å². The van der Waals surface area contributed by atoms with E-state index < -0.39 is 0 Å². The Morgan fingerprint density at radius 2 is 2.12 bits per heavy atom. The summed E-state index contributed by atoms with van der Waals surface area (Å²) in [4.78, 5) is 4.25. The van der Waals surface area contributed by atoms with E-state index in [4.69, 9.17) is 10.5 Å². The van der Waals surface area contributed by atoms with Crippen LogP contribution in [0.2, 0.25) is 0 Å². The normalized spacial score (nSPS) is 12.4. The van der Waals surface area contributed by atoms with Crippen LogP contribution in [0.4, 0.5) is 0 Å². The lowest BCUT2D eigenvalue weighted by Crippen LogP contribution is -2.13. The Morgan fingerprint density at radius 3 is 2.75 bits per heavy atom. The van der Waals surface area contributed by atoms with Crippen LogP contribution in [0.15, 0.2) is 36.8 Å². The van der Waals surface area contributed by atoms with E-state index in [9.17, 15) is 0 Å². The zero-order valence-electron chi connectivity index (χ0n) is 9.42. The van der Waals surface area contributed by atoms with Crippen molar-refractivity contribution in [2.45, 2.75) is 6.04 Å². The van der Waals surface area contributed by atoms with Gasteiger partial charge in [-0.2, -0.15) is 0 Å². The third kappa shape index (κ3) is 1.92. The van der Waals surface area contributed by atoms with Gasteiger partial charge in [0.1, 0.15) is 5.75 Å². The molecule has 1 aromatic heterocycles. The quantitative estimate of drug-likeness (QED) is 0.847. The van der Waals surface area contributed by atoms with Gasteiger partial charge in [-0.1, -0.05) is 18.2 Å². The molecule has 2 N–H and O–H groups in total. The minimum Gasteiger partial charge on any atom is -0.496 e. The van der Waals surface area contributed by atoms with Crippen LogP contribution in [-0.2, 0) is 7.05 Å². The van der Waals surface area contributed by atoms with Gasteiger partial charge >= 0.3 is 0 Å². The van der Waals surface area contributed by atoms with Crippen LogP contribution in [0.5, 0.6) is 5.75 Å².